The Morgan fingerprint density at radius 2 is 0.980 bits per heavy atom. The molecule has 1 aliphatic rings. The number of amides is 1. The lowest BCUT2D eigenvalue weighted by atomic mass is 10.0. The van der Waals surface area contributed by atoms with Crippen molar-refractivity contribution in [2.75, 3.05) is 0 Å². The number of esters is 1. The minimum absolute atomic E-state index is 0.372. The third kappa shape index (κ3) is 8.47. The van der Waals surface area contributed by atoms with Gasteiger partial charge in [-0.2, -0.15) is 0 Å². The first-order valence-corrected chi connectivity index (χ1v) is 16.5. The van der Waals surface area contributed by atoms with Crippen LogP contribution >= 0.6 is 0 Å². The third-order valence-electron chi connectivity index (χ3n) is 8.23. The van der Waals surface area contributed by atoms with E-state index in [0.717, 1.165) is 33.4 Å². The Balaban J connectivity index is 1.27. The van der Waals surface area contributed by atoms with Crippen molar-refractivity contribution in [1.82, 2.24) is 4.90 Å². The standard InChI is InChI=1S/C44H37NO4/c1-32(2)48-43(46)42(39-16-10-5-11-17-39)49-44(47)45-40(28-22-33-18-24-37(25-19-33)35-12-6-3-7-13-35)30-31-41(45)29-23-34-20-26-38(27-21-34)36-14-8-4-9-15-36/h3-21,24-27,32,40-42H,30-31H2,1-2H3/t40-,41-,42+/m0/s1. The summed E-state index contributed by atoms with van der Waals surface area (Å²) in [4.78, 5) is 28.8. The lowest BCUT2D eigenvalue weighted by molar-refractivity contribution is -0.158. The van der Waals surface area contributed by atoms with Crippen LogP contribution in [0.5, 0.6) is 0 Å². The summed E-state index contributed by atoms with van der Waals surface area (Å²) >= 11 is 0. The van der Waals surface area contributed by atoms with Crippen LogP contribution in [0.15, 0.2) is 140 Å². The van der Waals surface area contributed by atoms with Crippen LogP contribution in [0.25, 0.3) is 22.3 Å². The van der Waals surface area contributed by atoms with Gasteiger partial charge in [-0.15, -0.1) is 0 Å². The van der Waals surface area contributed by atoms with Crippen LogP contribution in [0, 0.1) is 23.7 Å². The molecule has 0 aromatic heterocycles. The zero-order valence-electron chi connectivity index (χ0n) is 27.6. The first-order valence-electron chi connectivity index (χ1n) is 16.5. The van der Waals surface area contributed by atoms with E-state index >= 15 is 0 Å². The van der Waals surface area contributed by atoms with E-state index < -0.39 is 30.3 Å². The van der Waals surface area contributed by atoms with Gasteiger partial charge in [0, 0.05) is 16.7 Å². The van der Waals surface area contributed by atoms with Gasteiger partial charge in [-0.25, -0.2) is 9.59 Å². The lowest BCUT2D eigenvalue weighted by Crippen LogP contribution is -2.42. The molecule has 0 unspecified atom stereocenters. The Morgan fingerprint density at radius 1 is 0.571 bits per heavy atom. The minimum Gasteiger partial charge on any atom is -0.460 e. The Morgan fingerprint density at radius 3 is 1.41 bits per heavy atom. The van der Waals surface area contributed by atoms with Gasteiger partial charge in [-0.3, -0.25) is 4.90 Å². The van der Waals surface area contributed by atoms with Gasteiger partial charge in [0.2, 0.25) is 6.10 Å². The third-order valence-corrected chi connectivity index (χ3v) is 8.23. The van der Waals surface area contributed by atoms with Gasteiger partial charge in [0.1, 0.15) is 0 Å². The summed E-state index contributed by atoms with van der Waals surface area (Å²) in [6.07, 6.45) is -1.03. The summed E-state index contributed by atoms with van der Waals surface area (Å²) in [5.41, 5.74) is 6.67. The van der Waals surface area contributed by atoms with Crippen molar-refractivity contribution in [3.05, 3.63) is 156 Å². The second-order valence-corrected chi connectivity index (χ2v) is 12.1. The van der Waals surface area contributed by atoms with Crippen molar-refractivity contribution >= 4 is 12.1 Å². The molecule has 0 saturated carbocycles. The number of hydrogen-bond acceptors (Lipinski definition) is 4. The molecule has 242 valence electrons. The molecule has 0 aliphatic carbocycles. The molecule has 5 aromatic carbocycles. The highest BCUT2D eigenvalue weighted by Crippen LogP contribution is 2.29. The van der Waals surface area contributed by atoms with Crippen molar-refractivity contribution in [1.29, 1.82) is 0 Å². The topological polar surface area (TPSA) is 55.8 Å². The van der Waals surface area contributed by atoms with E-state index in [9.17, 15) is 9.59 Å². The normalized spacial score (nSPS) is 15.7. The number of nitrogens with zero attached hydrogens (tertiary/aromatic N) is 1. The minimum atomic E-state index is -1.23. The van der Waals surface area contributed by atoms with E-state index in [0.29, 0.717) is 18.4 Å². The highest BCUT2D eigenvalue weighted by Gasteiger charge is 2.39. The molecule has 5 nitrogen and oxygen atoms in total. The maximum atomic E-state index is 14.0. The maximum Gasteiger partial charge on any atom is 0.412 e. The first-order chi connectivity index (χ1) is 23.9. The van der Waals surface area contributed by atoms with E-state index in [2.05, 4.69) is 47.9 Å². The van der Waals surface area contributed by atoms with Crippen LogP contribution in [-0.2, 0) is 14.3 Å². The quantitative estimate of drug-likeness (QED) is 0.137. The number of ether oxygens (including phenoxy) is 2. The summed E-state index contributed by atoms with van der Waals surface area (Å²) in [5, 5.41) is 0. The summed E-state index contributed by atoms with van der Waals surface area (Å²) in [7, 11) is 0. The Bertz CT molecular complexity index is 1870. The van der Waals surface area contributed by atoms with Gasteiger partial charge in [0.15, 0.2) is 0 Å². The monoisotopic (exact) mass is 643 g/mol. The molecule has 0 spiro atoms. The van der Waals surface area contributed by atoms with Crippen molar-refractivity contribution in [2.45, 2.75) is 51.0 Å². The average molecular weight is 644 g/mol. The number of hydrogen-bond donors (Lipinski definition) is 0. The Kier molecular flexibility index (Phi) is 10.5. The van der Waals surface area contributed by atoms with E-state index in [1.165, 1.54) is 0 Å². The molecule has 5 heteroatoms. The van der Waals surface area contributed by atoms with E-state index in [1.807, 2.05) is 91.0 Å². The van der Waals surface area contributed by atoms with Gasteiger partial charge in [0.25, 0.3) is 0 Å². The lowest BCUT2D eigenvalue weighted by Gasteiger charge is -2.27. The molecule has 6 rings (SSSR count). The molecule has 5 aromatic rings. The molecule has 1 aliphatic heterocycles. The highest BCUT2D eigenvalue weighted by atomic mass is 16.6. The Labute approximate surface area is 288 Å². The predicted molar refractivity (Wildman–Crippen MR) is 193 cm³/mol. The molecule has 1 heterocycles. The van der Waals surface area contributed by atoms with E-state index in [1.54, 1.807) is 43.0 Å². The van der Waals surface area contributed by atoms with Gasteiger partial charge in [-0.05, 0) is 73.2 Å². The van der Waals surface area contributed by atoms with Crippen molar-refractivity contribution in [2.24, 2.45) is 0 Å². The van der Waals surface area contributed by atoms with E-state index in [4.69, 9.17) is 9.47 Å². The number of carbonyl (C=O) groups excluding carboxylic acids is 2. The number of carbonyl (C=O) groups is 2. The highest BCUT2D eigenvalue weighted by molar-refractivity contribution is 5.81. The summed E-state index contributed by atoms with van der Waals surface area (Å²) in [5.74, 6) is 12.5. The smallest absolute Gasteiger partial charge is 0.412 e. The summed E-state index contributed by atoms with van der Waals surface area (Å²) in [6, 6.07) is 44.4. The molecule has 1 fully saturated rings. The second kappa shape index (κ2) is 15.7. The fourth-order valence-electron chi connectivity index (χ4n) is 5.77. The van der Waals surface area contributed by atoms with Gasteiger partial charge < -0.3 is 9.47 Å². The van der Waals surface area contributed by atoms with Gasteiger partial charge in [0.05, 0.1) is 18.2 Å². The fraction of sp³-hybridized carbons (Fsp3) is 0.182. The zero-order valence-corrected chi connectivity index (χ0v) is 27.6. The largest absolute Gasteiger partial charge is 0.460 e. The molecule has 0 N–H and O–H groups in total. The Hall–Kier alpha value is -6.04. The van der Waals surface area contributed by atoms with Crippen molar-refractivity contribution < 1.29 is 19.1 Å². The van der Waals surface area contributed by atoms with Gasteiger partial charge in [-0.1, -0.05) is 139 Å². The van der Waals surface area contributed by atoms with Crippen LogP contribution in [0.3, 0.4) is 0 Å². The molecule has 1 saturated heterocycles. The fourth-order valence-corrected chi connectivity index (χ4v) is 5.77. The average Bonchev–Trinajstić information content (AvgIpc) is 3.56. The van der Waals surface area contributed by atoms with Gasteiger partial charge >= 0.3 is 12.1 Å². The molecule has 1 amide bonds. The van der Waals surface area contributed by atoms with Crippen LogP contribution < -0.4 is 0 Å². The summed E-state index contributed by atoms with van der Waals surface area (Å²) < 4.78 is 11.4. The maximum absolute atomic E-state index is 14.0. The molecular formula is C44H37NO4. The molecule has 0 bridgehead atoms. The van der Waals surface area contributed by atoms with Crippen molar-refractivity contribution in [3.63, 3.8) is 0 Å². The number of likely N-dealkylation sites (tertiary alicyclic amines) is 1. The van der Waals surface area contributed by atoms with Crippen LogP contribution in [0.1, 0.15) is 49.5 Å². The second-order valence-electron chi connectivity index (χ2n) is 12.1. The molecule has 49 heavy (non-hydrogen) atoms. The first kappa shape index (κ1) is 32.9. The summed E-state index contributed by atoms with van der Waals surface area (Å²) in [6.45, 7) is 3.52. The van der Waals surface area contributed by atoms with E-state index in [-0.39, 0.29) is 6.10 Å². The molecular weight excluding hydrogens is 606 g/mol. The zero-order chi connectivity index (χ0) is 34.0. The predicted octanol–water partition coefficient (Wildman–Crippen LogP) is 9.09. The van der Waals surface area contributed by atoms with Crippen LogP contribution in [-0.4, -0.2) is 35.2 Å². The van der Waals surface area contributed by atoms with Crippen LogP contribution in [0.2, 0.25) is 0 Å². The number of rotatable bonds is 6. The number of benzene rings is 5. The molecule has 0 radical (unpaired) electrons. The van der Waals surface area contributed by atoms with Crippen LogP contribution in [0.4, 0.5) is 4.79 Å². The molecule has 3 atom stereocenters. The SMILES string of the molecule is CC(C)OC(=O)[C@H](OC(=O)N1[C@@H](C#Cc2ccc(-c3ccccc3)cc2)CC[C@@H]1C#Cc1ccc(-c2ccccc2)cc1)c1ccccc1. The van der Waals surface area contributed by atoms with Crippen molar-refractivity contribution in [3.8, 4) is 45.9 Å².